The van der Waals surface area contributed by atoms with Gasteiger partial charge in [-0.15, -0.1) is 0 Å². The fraction of sp³-hybridized carbons (Fsp3) is 0.300. The van der Waals surface area contributed by atoms with E-state index in [4.69, 9.17) is 4.74 Å². The monoisotopic (exact) mass is 175 g/mol. The predicted molar refractivity (Wildman–Crippen MR) is 50.9 cm³/mol. The van der Waals surface area contributed by atoms with Crippen molar-refractivity contribution in [3.8, 4) is 5.75 Å². The lowest BCUT2D eigenvalue weighted by atomic mass is 10.3. The molecule has 1 N–H and O–H groups in total. The number of fused-ring (bicyclic) bond motifs is 1. The lowest BCUT2D eigenvalue weighted by Crippen LogP contribution is -1.84. The maximum atomic E-state index is 5.18. The minimum absolute atomic E-state index is 0.796. The quantitative estimate of drug-likeness (QED) is 0.757. The van der Waals surface area contributed by atoms with Gasteiger partial charge in [0.05, 0.1) is 12.6 Å². The highest BCUT2D eigenvalue weighted by atomic mass is 16.5. The van der Waals surface area contributed by atoms with Crippen LogP contribution in [0.5, 0.6) is 5.75 Å². The molecule has 0 fully saturated rings. The zero-order valence-corrected chi connectivity index (χ0v) is 7.72. The highest BCUT2D eigenvalue weighted by Crippen LogP contribution is 2.22. The van der Waals surface area contributed by atoms with Gasteiger partial charge in [-0.25, -0.2) is 4.98 Å². The molecular formula is C10H11N2O. The number of aromatic amines is 1. The highest BCUT2D eigenvalue weighted by molar-refractivity contribution is 5.81. The molecule has 13 heavy (non-hydrogen) atoms. The Morgan fingerprint density at radius 1 is 1.54 bits per heavy atom. The van der Waals surface area contributed by atoms with E-state index in [0.717, 1.165) is 29.0 Å². The van der Waals surface area contributed by atoms with Crippen LogP contribution in [-0.2, 0) is 6.42 Å². The summed E-state index contributed by atoms with van der Waals surface area (Å²) in [6, 6.07) is 6.65. The van der Waals surface area contributed by atoms with E-state index >= 15 is 0 Å². The average molecular weight is 175 g/mol. The molecule has 1 radical (unpaired) electrons. The number of H-pyrrole nitrogens is 1. The van der Waals surface area contributed by atoms with Gasteiger partial charge >= 0.3 is 0 Å². The molecule has 1 heterocycles. The zero-order chi connectivity index (χ0) is 9.26. The molecule has 2 aromatic rings. The Labute approximate surface area is 76.8 Å². The summed E-state index contributed by atoms with van der Waals surface area (Å²) in [6.07, 6.45) is 0.901. The minimum Gasteiger partial charge on any atom is -0.494 e. The van der Waals surface area contributed by atoms with Gasteiger partial charge in [-0.1, -0.05) is 6.92 Å². The maximum absolute atomic E-state index is 5.18. The largest absolute Gasteiger partial charge is 0.494 e. The van der Waals surface area contributed by atoms with Gasteiger partial charge in [-0.2, -0.15) is 0 Å². The molecule has 67 valence electrons. The van der Waals surface area contributed by atoms with E-state index in [1.54, 1.807) is 13.2 Å². The van der Waals surface area contributed by atoms with E-state index < -0.39 is 0 Å². The molecule has 0 saturated carbocycles. The van der Waals surface area contributed by atoms with Gasteiger partial charge in [-0.05, 0) is 18.2 Å². The lowest BCUT2D eigenvalue weighted by molar-refractivity contribution is 0.419. The van der Waals surface area contributed by atoms with Crippen molar-refractivity contribution in [3.05, 3.63) is 24.0 Å². The SMILES string of the molecule is CCc1nc2c[c]cc(OC)c2[nH]1. The molecule has 2 rings (SSSR count). The minimum atomic E-state index is 0.796. The molecule has 3 nitrogen and oxygen atoms in total. The molecule has 3 heteroatoms. The van der Waals surface area contributed by atoms with Crippen molar-refractivity contribution in [1.82, 2.24) is 9.97 Å². The second-order valence-electron chi connectivity index (χ2n) is 2.82. The summed E-state index contributed by atoms with van der Waals surface area (Å²) < 4.78 is 5.18. The smallest absolute Gasteiger partial charge is 0.145 e. The van der Waals surface area contributed by atoms with Crippen LogP contribution in [0, 0.1) is 6.07 Å². The van der Waals surface area contributed by atoms with Crippen LogP contribution >= 0.6 is 0 Å². The second-order valence-corrected chi connectivity index (χ2v) is 2.82. The first-order valence-corrected chi connectivity index (χ1v) is 4.27. The maximum Gasteiger partial charge on any atom is 0.145 e. The summed E-state index contributed by atoms with van der Waals surface area (Å²) in [5, 5.41) is 0. The number of hydrogen-bond acceptors (Lipinski definition) is 2. The highest BCUT2D eigenvalue weighted by Gasteiger charge is 2.05. The summed E-state index contributed by atoms with van der Waals surface area (Å²) in [7, 11) is 1.65. The van der Waals surface area contributed by atoms with Crippen molar-refractivity contribution in [2.75, 3.05) is 7.11 Å². The van der Waals surface area contributed by atoms with Crippen molar-refractivity contribution >= 4 is 11.0 Å². The summed E-state index contributed by atoms with van der Waals surface area (Å²) in [5.41, 5.74) is 1.87. The number of nitrogens with zero attached hydrogens (tertiary/aromatic N) is 1. The van der Waals surface area contributed by atoms with Gasteiger partial charge in [0.25, 0.3) is 0 Å². The first-order valence-electron chi connectivity index (χ1n) is 4.27. The number of benzene rings is 1. The summed E-state index contributed by atoms with van der Waals surface area (Å²) in [4.78, 5) is 7.58. The number of rotatable bonds is 2. The molecule has 0 spiro atoms. The molecule has 0 amide bonds. The Balaban J connectivity index is 2.67. The third-order valence-corrected chi connectivity index (χ3v) is 2.02. The molecule has 1 aromatic heterocycles. The Bertz CT molecular complexity index is 420. The zero-order valence-electron chi connectivity index (χ0n) is 7.72. The van der Waals surface area contributed by atoms with Crippen LogP contribution in [0.1, 0.15) is 12.7 Å². The molecule has 0 bridgehead atoms. The van der Waals surface area contributed by atoms with Gasteiger partial charge < -0.3 is 9.72 Å². The third-order valence-electron chi connectivity index (χ3n) is 2.02. The van der Waals surface area contributed by atoms with Gasteiger partial charge in [0.2, 0.25) is 0 Å². The second kappa shape index (κ2) is 3.09. The summed E-state index contributed by atoms with van der Waals surface area (Å²) >= 11 is 0. The average Bonchev–Trinajstić information content (AvgIpc) is 2.59. The van der Waals surface area contributed by atoms with Crippen molar-refractivity contribution in [1.29, 1.82) is 0 Å². The number of imidazole rings is 1. The molecule has 0 saturated heterocycles. The summed E-state index contributed by atoms with van der Waals surface area (Å²) in [6.45, 7) is 2.06. The van der Waals surface area contributed by atoms with Crippen LogP contribution in [0.25, 0.3) is 11.0 Å². The van der Waals surface area contributed by atoms with Crippen LogP contribution in [0.3, 0.4) is 0 Å². The van der Waals surface area contributed by atoms with E-state index in [1.165, 1.54) is 0 Å². The standard InChI is InChI=1S/C10H11N2O/c1-3-9-11-7-5-4-6-8(13-2)10(7)12-9/h5-6H,3H2,1-2H3,(H,11,12). The van der Waals surface area contributed by atoms with Gasteiger partial charge in [-0.3, -0.25) is 0 Å². The fourth-order valence-corrected chi connectivity index (χ4v) is 1.33. The van der Waals surface area contributed by atoms with E-state index in [-0.39, 0.29) is 0 Å². The van der Waals surface area contributed by atoms with Gasteiger partial charge in [0.1, 0.15) is 17.1 Å². The Kier molecular flexibility index (Phi) is 1.93. The fourth-order valence-electron chi connectivity index (χ4n) is 1.33. The topological polar surface area (TPSA) is 37.9 Å². The number of ether oxygens (including phenoxy) is 1. The number of aromatic nitrogens is 2. The Hall–Kier alpha value is -1.51. The first-order chi connectivity index (χ1) is 6.35. The van der Waals surface area contributed by atoms with Crippen LogP contribution in [0.4, 0.5) is 0 Å². The number of nitrogens with one attached hydrogen (secondary N) is 1. The van der Waals surface area contributed by atoms with Crippen molar-refractivity contribution in [2.24, 2.45) is 0 Å². The van der Waals surface area contributed by atoms with Gasteiger partial charge in [0.15, 0.2) is 0 Å². The van der Waals surface area contributed by atoms with E-state index in [0.29, 0.717) is 0 Å². The first kappa shape index (κ1) is 8.10. The van der Waals surface area contributed by atoms with Crippen LogP contribution in [0.15, 0.2) is 12.1 Å². The number of aryl methyl sites for hydroxylation is 1. The van der Waals surface area contributed by atoms with Crippen molar-refractivity contribution in [2.45, 2.75) is 13.3 Å². The number of methoxy groups -OCH3 is 1. The van der Waals surface area contributed by atoms with Crippen LogP contribution in [0.2, 0.25) is 0 Å². The van der Waals surface area contributed by atoms with E-state index in [2.05, 4.69) is 23.0 Å². The van der Waals surface area contributed by atoms with Crippen LogP contribution in [-0.4, -0.2) is 17.1 Å². The molecule has 0 aliphatic rings. The Morgan fingerprint density at radius 2 is 2.38 bits per heavy atom. The molecular weight excluding hydrogens is 164 g/mol. The number of hydrogen-bond donors (Lipinski definition) is 1. The predicted octanol–water partition coefficient (Wildman–Crippen LogP) is 1.93. The molecule has 0 atom stereocenters. The van der Waals surface area contributed by atoms with Gasteiger partial charge in [0, 0.05) is 6.42 Å². The molecule has 0 aliphatic heterocycles. The molecule has 1 aromatic carbocycles. The third kappa shape index (κ3) is 1.26. The normalized spacial score (nSPS) is 10.6. The van der Waals surface area contributed by atoms with Crippen LogP contribution < -0.4 is 4.74 Å². The Morgan fingerprint density at radius 3 is 3.08 bits per heavy atom. The lowest BCUT2D eigenvalue weighted by Gasteiger charge is -1.98. The molecule has 0 unspecified atom stereocenters. The summed E-state index contributed by atoms with van der Waals surface area (Å²) in [5.74, 6) is 1.78. The van der Waals surface area contributed by atoms with Crippen molar-refractivity contribution < 1.29 is 4.74 Å². The van der Waals surface area contributed by atoms with Crippen molar-refractivity contribution in [3.63, 3.8) is 0 Å². The van der Waals surface area contributed by atoms with E-state index in [9.17, 15) is 0 Å². The van der Waals surface area contributed by atoms with E-state index in [1.807, 2.05) is 6.07 Å². The molecule has 0 aliphatic carbocycles.